The highest BCUT2D eigenvalue weighted by Gasteiger charge is 2.34. The Hall–Kier alpha value is -8.10. The van der Waals surface area contributed by atoms with Crippen LogP contribution in [0.3, 0.4) is 0 Å². The van der Waals surface area contributed by atoms with Crippen molar-refractivity contribution < 1.29 is 81.8 Å². The molecule has 0 aliphatic carbocycles. The number of unbranched alkanes of at least 4 members (excludes halogenated alkanes) is 1. The van der Waals surface area contributed by atoms with Crippen LogP contribution in [0.1, 0.15) is 153 Å². The third-order valence-electron chi connectivity index (χ3n) is 12.3. The van der Waals surface area contributed by atoms with Gasteiger partial charge in [-0.1, -0.05) is 24.3 Å². The number of hydrogen-bond acceptors (Lipinski definition) is 17. The van der Waals surface area contributed by atoms with Crippen molar-refractivity contribution in [3.05, 3.63) is 53.1 Å². The van der Waals surface area contributed by atoms with E-state index in [0.29, 0.717) is 16.7 Å². The van der Waals surface area contributed by atoms with Gasteiger partial charge in [0.25, 0.3) is 0 Å². The fourth-order valence-electron chi connectivity index (χ4n) is 8.37. The number of carbonyl (C=O) groups excluding carboxylic acids is 10. The van der Waals surface area contributed by atoms with Crippen LogP contribution < -0.4 is 53.2 Å². The summed E-state index contributed by atoms with van der Waals surface area (Å²) in [5.41, 5.74) is -1.65. The van der Waals surface area contributed by atoms with Crippen LogP contribution in [0.2, 0.25) is 0 Å². The highest BCUT2D eigenvalue weighted by atomic mass is 16.6. The molecule has 0 saturated carbocycles. The number of fused-ring (bicyclic) bond motifs is 5. The molecule has 2 aromatic carbocycles. The summed E-state index contributed by atoms with van der Waals surface area (Å²) in [6, 6.07) is 3.29. The molecule has 12 N–H and O–H groups in total. The molecule has 4 bridgehead atoms. The first-order valence-corrected chi connectivity index (χ1v) is 29.5. The molecule has 3 rings (SSSR count). The fourth-order valence-corrected chi connectivity index (χ4v) is 8.37. The van der Waals surface area contributed by atoms with E-state index in [-0.39, 0.29) is 82.4 Å². The molecule has 1 aliphatic rings. The average Bonchev–Trinajstić information content (AvgIpc) is 3.63. The number of rotatable bonds is 21. The molecule has 27 nitrogen and oxygen atoms in total. The molecule has 492 valence electrons. The van der Waals surface area contributed by atoms with E-state index >= 15 is 0 Å². The van der Waals surface area contributed by atoms with Crippen molar-refractivity contribution in [2.75, 3.05) is 32.7 Å². The van der Waals surface area contributed by atoms with Crippen molar-refractivity contribution >= 4 is 60.0 Å². The largest absolute Gasteiger partial charge is 0.508 e. The number of amides is 10. The first-order valence-electron chi connectivity index (χ1n) is 29.5. The predicted octanol–water partition coefficient (Wildman–Crippen LogP) is 4.83. The monoisotopic (exact) mass is 1240 g/mol. The molecule has 2 aromatic rings. The Morgan fingerprint density at radius 1 is 0.534 bits per heavy atom. The number of aryl methyl sites for hydroxylation is 1. The summed E-state index contributed by atoms with van der Waals surface area (Å²) >= 11 is 0. The van der Waals surface area contributed by atoms with Crippen LogP contribution in [0.5, 0.6) is 5.75 Å². The van der Waals surface area contributed by atoms with Crippen molar-refractivity contribution in [1.82, 2.24) is 53.2 Å². The van der Waals surface area contributed by atoms with Gasteiger partial charge in [-0.2, -0.15) is 0 Å². The van der Waals surface area contributed by atoms with Gasteiger partial charge in [-0.3, -0.25) is 24.0 Å². The van der Waals surface area contributed by atoms with E-state index in [1.165, 1.54) is 6.07 Å². The van der Waals surface area contributed by atoms with E-state index in [1.807, 2.05) is 12.1 Å². The maximum atomic E-state index is 14.7. The number of benzene rings is 2. The zero-order valence-corrected chi connectivity index (χ0v) is 53.9. The van der Waals surface area contributed by atoms with Gasteiger partial charge in [0.05, 0.1) is 6.10 Å². The van der Waals surface area contributed by atoms with Crippen LogP contribution in [0.25, 0.3) is 11.1 Å². The summed E-state index contributed by atoms with van der Waals surface area (Å²) in [4.78, 5) is 135. The molecule has 6 atom stereocenters. The number of ether oxygens (including phenoxy) is 5. The van der Waals surface area contributed by atoms with Crippen molar-refractivity contribution in [2.24, 2.45) is 0 Å². The predicted molar refractivity (Wildman–Crippen MR) is 326 cm³/mol. The fraction of sp³-hybridized carbons (Fsp3) is 0.639. The Labute approximate surface area is 516 Å². The third kappa shape index (κ3) is 29.5. The Balaban J connectivity index is 1.95. The first-order chi connectivity index (χ1) is 40.5. The molecule has 27 heteroatoms. The number of phenolic OH excluding ortho intramolecular Hbond substituents is 1. The number of nitrogens with one attached hydrogen (secondary N) is 10. The summed E-state index contributed by atoms with van der Waals surface area (Å²) in [6.45, 7) is 25.5. The molecular formula is C61H96N10O17. The summed E-state index contributed by atoms with van der Waals surface area (Å²) in [7, 11) is 0. The topological polar surface area (TPSA) is 378 Å². The van der Waals surface area contributed by atoms with Crippen molar-refractivity contribution in [1.29, 1.82) is 0 Å². The van der Waals surface area contributed by atoms with Crippen molar-refractivity contribution in [3.63, 3.8) is 0 Å². The Morgan fingerprint density at radius 2 is 1.02 bits per heavy atom. The van der Waals surface area contributed by atoms with Crippen LogP contribution >= 0.6 is 0 Å². The first kappa shape index (κ1) is 74.2. The molecule has 0 spiro atoms. The molecule has 1 heterocycles. The van der Waals surface area contributed by atoms with Gasteiger partial charge in [0, 0.05) is 45.6 Å². The van der Waals surface area contributed by atoms with Crippen LogP contribution in [-0.2, 0) is 60.5 Å². The maximum absolute atomic E-state index is 14.7. The van der Waals surface area contributed by atoms with Gasteiger partial charge >= 0.3 is 30.5 Å². The molecule has 88 heavy (non-hydrogen) atoms. The summed E-state index contributed by atoms with van der Waals surface area (Å²) < 4.78 is 26.9. The molecule has 1 unspecified atom stereocenters. The molecular weight excluding hydrogens is 1140 g/mol. The standard InChI is InChI=1S/C61H96N10O17/c1-35-22-23-36-28-38(35)30-43(68-50(77)42(21-19-27-63-52(79)84-57(2,3)4)67-51(78)44(70-55(82)87-60(11,12)13)31-39-29-37(36)24-25-46(39)73)48(75)65-34-45(71-56(83)88-61(14,15)16)49(76)62-26-18-17-20-41(69-54(81)86-59(8,9)10)47(74)64-32-40(72)33-66-53(80)85-58(5,6)7/h22-25,28-29,40-45,72-73H,17-21,26-27,30-34H2,1-16H3,(H,62,76)(H,63,79)(H,64,74)(H,65,75)(H,66,80)(H,67,78)(H,68,77)(H,69,81)(H,70,82)(H,71,83)/t40?,41-,42-,43-,44-,45-/m0/s1. The van der Waals surface area contributed by atoms with Crippen LogP contribution in [-0.4, -0.2) is 167 Å². The van der Waals surface area contributed by atoms with Crippen LogP contribution in [0.15, 0.2) is 36.4 Å². The van der Waals surface area contributed by atoms with Gasteiger partial charge in [0.15, 0.2) is 0 Å². The lowest BCUT2D eigenvalue weighted by Gasteiger charge is -2.27. The van der Waals surface area contributed by atoms with Crippen LogP contribution in [0, 0.1) is 6.92 Å². The minimum atomic E-state index is -1.48. The zero-order valence-electron chi connectivity index (χ0n) is 53.9. The third-order valence-corrected chi connectivity index (χ3v) is 12.3. The number of aliphatic hydroxyl groups is 1. The van der Waals surface area contributed by atoms with E-state index in [4.69, 9.17) is 23.7 Å². The number of aliphatic hydroxyl groups excluding tert-OH is 1. The van der Waals surface area contributed by atoms with Crippen molar-refractivity contribution in [3.8, 4) is 16.9 Å². The van der Waals surface area contributed by atoms with E-state index < -0.39 is 131 Å². The summed E-state index contributed by atoms with van der Waals surface area (Å²) in [5.74, 6) is -4.13. The molecule has 10 amide bonds. The van der Waals surface area contributed by atoms with Gasteiger partial charge in [0.1, 0.15) is 64.0 Å². The number of carbonyl (C=O) groups is 10. The van der Waals surface area contributed by atoms with Gasteiger partial charge in [-0.05, 0) is 183 Å². The number of alkyl carbamates (subject to hydrolysis) is 5. The number of hydrogen-bond donors (Lipinski definition) is 12. The number of phenols is 1. The normalized spacial score (nSPS) is 16.8. The second kappa shape index (κ2) is 32.8. The maximum Gasteiger partial charge on any atom is 0.408 e. The molecule has 0 radical (unpaired) electrons. The van der Waals surface area contributed by atoms with E-state index in [1.54, 1.807) is 129 Å². The molecule has 0 aromatic heterocycles. The van der Waals surface area contributed by atoms with Gasteiger partial charge < -0.3 is 87.1 Å². The molecule has 0 saturated heterocycles. The zero-order chi connectivity index (χ0) is 66.5. The number of aromatic hydroxyl groups is 1. The molecule has 1 aliphatic heterocycles. The SMILES string of the molecule is Cc1ccc2cc1C[C@@H](C(=O)NC[C@H](NC(=O)OC(C)(C)C)C(=O)NCCCC[C@H](NC(=O)OC(C)(C)C)C(=O)NCC(O)CNC(=O)OC(C)(C)C)NC(=O)[C@H](CCCNC(=O)OC(C)(C)C)NC(=O)[C@@H](NC(=O)OC(C)(C)C)Cc1cc-2ccc1O. The van der Waals surface area contributed by atoms with Crippen LogP contribution in [0.4, 0.5) is 24.0 Å². The van der Waals surface area contributed by atoms with Gasteiger partial charge in [-0.25, -0.2) is 24.0 Å². The smallest absolute Gasteiger partial charge is 0.408 e. The van der Waals surface area contributed by atoms with E-state index in [0.717, 1.165) is 5.56 Å². The van der Waals surface area contributed by atoms with E-state index in [2.05, 4.69) is 53.2 Å². The van der Waals surface area contributed by atoms with Gasteiger partial charge in [-0.15, -0.1) is 0 Å². The lowest BCUT2D eigenvalue weighted by atomic mass is 9.93. The second-order valence-corrected chi connectivity index (χ2v) is 26.5. The lowest BCUT2D eigenvalue weighted by Crippen LogP contribution is -2.59. The van der Waals surface area contributed by atoms with E-state index in [9.17, 15) is 58.2 Å². The average molecular weight is 1240 g/mol. The minimum absolute atomic E-state index is 0.00716. The second-order valence-electron chi connectivity index (χ2n) is 26.5. The highest BCUT2D eigenvalue weighted by Crippen LogP contribution is 2.30. The van der Waals surface area contributed by atoms with Crippen molar-refractivity contribution in [2.45, 2.75) is 220 Å². The lowest BCUT2D eigenvalue weighted by molar-refractivity contribution is -0.133. The Morgan fingerprint density at radius 3 is 1.60 bits per heavy atom. The quantitative estimate of drug-likeness (QED) is 0.0588. The minimum Gasteiger partial charge on any atom is -0.508 e. The molecule has 0 fully saturated rings. The Kier molecular flexibility index (Phi) is 27.6. The Bertz CT molecular complexity index is 2760. The summed E-state index contributed by atoms with van der Waals surface area (Å²) in [5, 5.41) is 47.8. The van der Waals surface area contributed by atoms with Gasteiger partial charge in [0.2, 0.25) is 29.5 Å². The summed E-state index contributed by atoms with van der Waals surface area (Å²) in [6.07, 6.45) is -5.48. The highest BCUT2D eigenvalue weighted by molar-refractivity contribution is 5.95.